The van der Waals surface area contributed by atoms with Crippen LogP contribution in [0.3, 0.4) is 0 Å². The lowest BCUT2D eigenvalue weighted by Crippen LogP contribution is -1.96. The van der Waals surface area contributed by atoms with E-state index in [2.05, 4.69) is 5.10 Å². The van der Waals surface area contributed by atoms with E-state index in [0.29, 0.717) is 5.69 Å². The second-order valence-corrected chi connectivity index (χ2v) is 3.70. The van der Waals surface area contributed by atoms with Gasteiger partial charge in [-0.05, 0) is 19.1 Å². The molecule has 16 heavy (non-hydrogen) atoms. The third-order valence-corrected chi connectivity index (χ3v) is 2.63. The Morgan fingerprint density at radius 2 is 1.88 bits per heavy atom. The minimum absolute atomic E-state index is 0.0290. The summed E-state index contributed by atoms with van der Waals surface area (Å²) in [5, 5.41) is 3.98. The van der Waals surface area contributed by atoms with Crippen molar-refractivity contribution in [1.29, 1.82) is 0 Å². The van der Waals surface area contributed by atoms with Crippen LogP contribution in [0.2, 0.25) is 5.15 Å². The molecule has 5 heteroatoms. The number of para-hydroxylation sites is 1. The molecule has 2 rings (SSSR count). The van der Waals surface area contributed by atoms with E-state index in [0.717, 1.165) is 0 Å². The molecule has 0 fully saturated rings. The Morgan fingerprint density at radius 3 is 2.38 bits per heavy atom. The molecule has 0 N–H and O–H groups in total. The Kier molecular flexibility index (Phi) is 2.92. The zero-order valence-electron chi connectivity index (χ0n) is 8.49. The molecule has 2 nitrogen and oxygen atoms in total. The van der Waals surface area contributed by atoms with Crippen molar-refractivity contribution in [1.82, 2.24) is 9.78 Å². The van der Waals surface area contributed by atoms with Crippen molar-refractivity contribution >= 4 is 11.6 Å². The van der Waals surface area contributed by atoms with Crippen molar-refractivity contribution in [3.8, 4) is 5.69 Å². The first-order valence-corrected chi connectivity index (χ1v) is 5.07. The van der Waals surface area contributed by atoms with Crippen LogP contribution in [0.25, 0.3) is 5.69 Å². The standard InChI is InChI=1S/C11H9ClF2N2/c1-7-9(11(13)14)10(12)16(15-7)8-5-3-2-4-6-8/h2-6,11H,1H3. The quantitative estimate of drug-likeness (QED) is 0.784. The summed E-state index contributed by atoms with van der Waals surface area (Å²) in [6.45, 7) is 1.52. The van der Waals surface area contributed by atoms with Gasteiger partial charge in [0.1, 0.15) is 5.15 Å². The zero-order valence-corrected chi connectivity index (χ0v) is 9.25. The van der Waals surface area contributed by atoms with E-state index in [4.69, 9.17) is 11.6 Å². The fourth-order valence-corrected chi connectivity index (χ4v) is 1.85. The highest BCUT2D eigenvalue weighted by molar-refractivity contribution is 6.30. The first-order valence-electron chi connectivity index (χ1n) is 4.70. The molecule has 84 valence electrons. The number of hydrogen-bond donors (Lipinski definition) is 0. The zero-order chi connectivity index (χ0) is 11.7. The number of aryl methyl sites for hydroxylation is 1. The number of aromatic nitrogens is 2. The third kappa shape index (κ3) is 1.80. The molecule has 0 spiro atoms. The minimum atomic E-state index is -2.61. The first kappa shape index (κ1) is 11.1. The molecule has 0 atom stereocenters. The summed E-state index contributed by atoms with van der Waals surface area (Å²) >= 11 is 5.88. The second-order valence-electron chi connectivity index (χ2n) is 3.34. The molecule has 0 bridgehead atoms. The van der Waals surface area contributed by atoms with E-state index < -0.39 is 6.43 Å². The van der Waals surface area contributed by atoms with Gasteiger partial charge in [-0.3, -0.25) is 0 Å². The summed E-state index contributed by atoms with van der Waals surface area (Å²) in [5.41, 5.74) is 0.719. The number of rotatable bonds is 2. The monoisotopic (exact) mass is 242 g/mol. The van der Waals surface area contributed by atoms with Gasteiger partial charge in [-0.2, -0.15) is 5.10 Å². The molecular weight excluding hydrogens is 234 g/mol. The van der Waals surface area contributed by atoms with Crippen molar-refractivity contribution in [3.63, 3.8) is 0 Å². The molecule has 1 aromatic heterocycles. The SMILES string of the molecule is Cc1nn(-c2ccccc2)c(Cl)c1C(F)F. The highest BCUT2D eigenvalue weighted by atomic mass is 35.5. The summed E-state index contributed by atoms with van der Waals surface area (Å²) < 4.78 is 26.7. The number of nitrogens with zero attached hydrogens (tertiary/aromatic N) is 2. The molecule has 0 aliphatic heterocycles. The minimum Gasteiger partial charge on any atom is -0.221 e. The molecule has 2 aromatic rings. The molecule has 0 aliphatic carbocycles. The van der Waals surface area contributed by atoms with Crippen LogP contribution < -0.4 is 0 Å². The van der Waals surface area contributed by atoms with Gasteiger partial charge >= 0.3 is 0 Å². The van der Waals surface area contributed by atoms with Crippen molar-refractivity contribution in [2.24, 2.45) is 0 Å². The maximum atomic E-state index is 12.7. The molecule has 1 heterocycles. The van der Waals surface area contributed by atoms with Crippen LogP contribution in [-0.4, -0.2) is 9.78 Å². The first-order chi connectivity index (χ1) is 7.61. The molecule has 0 aliphatic rings. The van der Waals surface area contributed by atoms with Crippen LogP contribution in [0.1, 0.15) is 17.7 Å². The summed E-state index contributed by atoms with van der Waals surface area (Å²) in [4.78, 5) is 0. The molecule has 0 saturated heterocycles. The van der Waals surface area contributed by atoms with E-state index in [1.54, 1.807) is 24.3 Å². The number of hydrogen-bond acceptors (Lipinski definition) is 1. The van der Waals surface area contributed by atoms with Crippen LogP contribution in [0.4, 0.5) is 8.78 Å². The average molecular weight is 243 g/mol. The van der Waals surface area contributed by atoms with Crippen LogP contribution in [0, 0.1) is 6.92 Å². The number of alkyl halides is 2. The highest BCUT2D eigenvalue weighted by Crippen LogP contribution is 2.31. The van der Waals surface area contributed by atoms with Crippen LogP contribution in [-0.2, 0) is 0 Å². The second kappa shape index (κ2) is 4.22. The molecule has 0 saturated carbocycles. The lowest BCUT2D eigenvalue weighted by molar-refractivity contribution is 0.150. The molecule has 1 aromatic carbocycles. The summed E-state index contributed by atoms with van der Waals surface area (Å²) in [6, 6.07) is 8.94. The van der Waals surface area contributed by atoms with Crippen molar-refractivity contribution in [3.05, 3.63) is 46.7 Å². The lowest BCUT2D eigenvalue weighted by atomic mass is 10.3. The summed E-state index contributed by atoms with van der Waals surface area (Å²) in [5.74, 6) is 0. The number of halogens is 3. The van der Waals surface area contributed by atoms with E-state index in [1.165, 1.54) is 11.6 Å². The fourth-order valence-electron chi connectivity index (χ4n) is 1.50. The summed E-state index contributed by atoms with van der Waals surface area (Å²) in [7, 11) is 0. The highest BCUT2D eigenvalue weighted by Gasteiger charge is 2.21. The van der Waals surface area contributed by atoms with E-state index in [-0.39, 0.29) is 16.4 Å². The van der Waals surface area contributed by atoms with Gasteiger partial charge in [0, 0.05) is 0 Å². The maximum Gasteiger partial charge on any atom is 0.268 e. The van der Waals surface area contributed by atoms with E-state index >= 15 is 0 Å². The van der Waals surface area contributed by atoms with Gasteiger partial charge in [0.25, 0.3) is 6.43 Å². The van der Waals surface area contributed by atoms with Crippen molar-refractivity contribution in [2.75, 3.05) is 0 Å². The van der Waals surface area contributed by atoms with Crippen LogP contribution >= 0.6 is 11.6 Å². The molecular formula is C11H9ClF2N2. The van der Waals surface area contributed by atoms with E-state index in [9.17, 15) is 8.78 Å². The Balaban J connectivity index is 2.56. The Hall–Kier alpha value is -1.42. The topological polar surface area (TPSA) is 17.8 Å². The smallest absolute Gasteiger partial charge is 0.221 e. The third-order valence-electron chi connectivity index (χ3n) is 2.27. The molecule has 0 radical (unpaired) electrons. The normalized spacial score (nSPS) is 11.1. The molecule has 0 amide bonds. The lowest BCUT2D eigenvalue weighted by Gasteiger charge is -2.02. The predicted octanol–water partition coefficient (Wildman–Crippen LogP) is 3.77. The Bertz CT molecular complexity index is 494. The van der Waals surface area contributed by atoms with Crippen molar-refractivity contribution in [2.45, 2.75) is 13.3 Å². The van der Waals surface area contributed by atoms with Gasteiger partial charge in [-0.25, -0.2) is 13.5 Å². The largest absolute Gasteiger partial charge is 0.268 e. The summed E-state index contributed by atoms with van der Waals surface area (Å²) in [6.07, 6.45) is -2.61. The Morgan fingerprint density at radius 1 is 1.25 bits per heavy atom. The number of benzene rings is 1. The van der Waals surface area contributed by atoms with Crippen LogP contribution in [0.5, 0.6) is 0 Å². The molecule has 0 unspecified atom stereocenters. The van der Waals surface area contributed by atoms with Gasteiger partial charge in [0.05, 0.1) is 16.9 Å². The maximum absolute atomic E-state index is 12.7. The average Bonchev–Trinajstić information content (AvgIpc) is 2.55. The van der Waals surface area contributed by atoms with Gasteiger partial charge in [0.2, 0.25) is 0 Å². The van der Waals surface area contributed by atoms with Crippen molar-refractivity contribution < 1.29 is 8.78 Å². The predicted molar refractivity (Wildman–Crippen MR) is 58.3 cm³/mol. The fraction of sp³-hybridized carbons (Fsp3) is 0.182. The van der Waals surface area contributed by atoms with Gasteiger partial charge in [-0.1, -0.05) is 29.8 Å². The Labute approximate surface area is 96.5 Å². The van der Waals surface area contributed by atoms with Gasteiger partial charge < -0.3 is 0 Å². The van der Waals surface area contributed by atoms with Gasteiger partial charge in [0.15, 0.2) is 0 Å². The van der Waals surface area contributed by atoms with Crippen LogP contribution in [0.15, 0.2) is 30.3 Å². The van der Waals surface area contributed by atoms with E-state index in [1.807, 2.05) is 6.07 Å². The van der Waals surface area contributed by atoms with Gasteiger partial charge in [-0.15, -0.1) is 0 Å².